The van der Waals surface area contributed by atoms with Crippen molar-refractivity contribution >= 4 is 11.4 Å². The lowest BCUT2D eigenvalue weighted by Gasteiger charge is -2.40. The van der Waals surface area contributed by atoms with Crippen molar-refractivity contribution in [1.29, 1.82) is 5.26 Å². The first-order valence-corrected chi connectivity index (χ1v) is 6.64. The molecule has 4 heteroatoms. The average Bonchev–Trinajstić information content (AvgIpc) is 2.47. The van der Waals surface area contributed by atoms with Gasteiger partial charge in [-0.15, -0.1) is 0 Å². The van der Waals surface area contributed by atoms with Crippen LogP contribution in [0, 0.1) is 11.3 Å². The summed E-state index contributed by atoms with van der Waals surface area (Å²) >= 11 is 0. The van der Waals surface area contributed by atoms with Gasteiger partial charge >= 0.3 is 0 Å². The number of hydrogen-bond donors (Lipinski definition) is 2. The maximum Gasteiger partial charge on any atom is 0.0992 e. The molecule has 2 N–H and O–H groups in total. The molecule has 3 rings (SSSR count). The summed E-state index contributed by atoms with van der Waals surface area (Å²) < 4.78 is 0. The summed E-state index contributed by atoms with van der Waals surface area (Å²) in [4.78, 5) is 2.51. The molecule has 2 aliphatic rings. The first-order valence-electron chi connectivity index (χ1n) is 6.64. The number of fused-ring (bicyclic) bond motifs is 1. The van der Waals surface area contributed by atoms with E-state index in [1.807, 2.05) is 12.1 Å². The van der Waals surface area contributed by atoms with Crippen molar-refractivity contribution in [1.82, 2.24) is 5.32 Å². The fraction of sp³-hybridized carbons (Fsp3) is 0.500. The van der Waals surface area contributed by atoms with E-state index < -0.39 is 0 Å². The number of nitrogens with zero attached hydrogens (tertiary/aromatic N) is 2. The smallest absolute Gasteiger partial charge is 0.0992 e. The van der Waals surface area contributed by atoms with Gasteiger partial charge in [0.2, 0.25) is 0 Å². The highest BCUT2D eigenvalue weighted by molar-refractivity contribution is 5.74. The third-order valence-corrected chi connectivity index (χ3v) is 3.85. The summed E-state index contributed by atoms with van der Waals surface area (Å²) in [7, 11) is 0. The Hall–Kier alpha value is -1.73. The Kier molecular flexibility index (Phi) is 3.07. The van der Waals surface area contributed by atoms with Crippen LogP contribution < -0.4 is 15.5 Å². The van der Waals surface area contributed by atoms with Crippen LogP contribution in [0.25, 0.3) is 0 Å². The minimum atomic E-state index is 0.639. The maximum atomic E-state index is 8.95. The quantitative estimate of drug-likeness (QED) is 0.784. The van der Waals surface area contributed by atoms with Crippen molar-refractivity contribution in [2.45, 2.75) is 18.9 Å². The van der Waals surface area contributed by atoms with E-state index in [1.54, 1.807) is 0 Å². The van der Waals surface area contributed by atoms with E-state index >= 15 is 0 Å². The van der Waals surface area contributed by atoms with Crippen LogP contribution >= 0.6 is 0 Å². The van der Waals surface area contributed by atoms with E-state index in [1.165, 1.54) is 18.5 Å². The number of hydrogen-bond acceptors (Lipinski definition) is 4. The summed E-state index contributed by atoms with van der Waals surface area (Å²) in [5, 5.41) is 15.8. The van der Waals surface area contributed by atoms with E-state index in [0.717, 1.165) is 37.4 Å². The predicted octanol–water partition coefficient (Wildman–Crippen LogP) is 1.54. The summed E-state index contributed by atoms with van der Waals surface area (Å²) in [5.41, 5.74) is 3.10. The fourth-order valence-corrected chi connectivity index (χ4v) is 2.93. The summed E-state index contributed by atoms with van der Waals surface area (Å²) in [6, 6.07) is 8.80. The molecule has 0 radical (unpaired) electrons. The Morgan fingerprint density at radius 2 is 2.06 bits per heavy atom. The van der Waals surface area contributed by atoms with Gasteiger partial charge in [-0.1, -0.05) is 0 Å². The minimum Gasteiger partial charge on any atom is -0.382 e. The van der Waals surface area contributed by atoms with Gasteiger partial charge in [0.1, 0.15) is 0 Å². The molecule has 1 aromatic carbocycles. The molecular weight excluding hydrogens is 224 g/mol. The zero-order valence-corrected chi connectivity index (χ0v) is 10.4. The minimum absolute atomic E-state index is 0.639. The second-order valence-corrected chi connectivity index (χ2v) is 4.95. The van der Waals surface area contributed by atoms with Crippen LogP contribution in [-0.4, -0.2) is 32.2 Å². The van der Waals surface area contributed by atoms with Crippen LogP contribution in [0.3, 0.4) is 0 Å². The van der Waals surface area contributed by atoms with Gasteiger partial charge in [-0.05, 0) is 44.1 Å². The first kappa shape index (κ1) is 11.4. The van der Waals surface area contributed by atoms with Gasteiger partial charge < -0.3 is 15.5 Å². The van der Waals surface area contributed by atoms with Crippen LogP contribution in [-0.2, 0) is 0 Å². The highest BCUT2D eigenvalue weighted by Gasteiger charge is 2.25. The van der Waals surface area contributed by atoms with E-state index in [2.05, 4.69) is 27.7 Å². The zero-order valence-electron chi connectivity index (χ0n) is 10.4. The number of benzene rings is 1. The first-order chi connectivity index (χ1) is 8.88. The van der Waals surface area contributed by atoms with E-state index in [-0.39, 0.29) is 0 Å². The molecule has 1 aromatic rings. The van der Waals surface area contributed by atoms with Crippen LogP contribution in [0.1, 0.15) is 18.4 Å². The van der Waals surface area contributed by atoms with Gasteiger partial charge in [-0.2, -0.15) is 5.26 Å². The zero-order chi connectivity index (χ0) is 12.4. The molecule has 94 valence electrons. The average molecular weight is 242 g/mol. The fourth-order valence-electron chi connectivity index (χ4n) is 2.93. The third kappa shape index (κ3) is 2.02. The Balaban J connectivity index is 1.89. The maximum absolute atomic E-state index is 8.95. The largest absolute Gasteiger partial charge is 0.382 e. The van der Waals surface area contributed by atoms with Crippen LogP contribution in [0.2, 0.25) is 0 Å². The van der Waals surface area contributed by atoms with Gasteiger partial charge in [0, 0.05) is 19.1 Å². The van der Waals surface area contributed by atoms with Crippen molar-refractivity contribution in [2.75, 3.05) is 36.4 Å². The van der Waals surface area contributed by atoms with Crippen LogP contribution in [0.5, 0.6) is 0 Å². The third-order valence-electron chi connectivity index (χ3n) is 3.85. The van der Waals surface area contributed by atoms with E-state index in [4.69, 9.17) is 5.26 Å². The standard InChI is InChI=1S/C14H18N4/c15-10-11-1-2-14-13(9-11)17-7-8-18(14)12-3-5-16-6-4-12/h1-2,9,12,16-17H,3-8H2. The highest BCUT2D eigenvalue weighted by atomic mass is 15.2. The molecule has 0 unspecified atom stereocenters. The molecule has 1 fully saturated rings. The number of nitriles is 1. The number of rotatable bonds is 1. The molecule has 0 amide bonds. The van der Waals surface area contributed by atoms with Crippen molar-refractivity contribution in [2.24, 2.45) is 0 Å². The second kappa shape index (κ2) is 4.87. The number of nitrogens with one attached hydrogen (secondary N) is 2. The summed E-state index contributed by atoms with van der Waals surface area (Å²) in [6.07, 6.45) is 2.42. The molecule has 0 atom stereocenters. The predicted molar refractivity (Wildman–Crippen MR) is 72.9 cm³/mol. The molecule has 0 spiro atoms. The van der Waals surface area contributed by atoms with Crippen molar-refractivity contribution < 1.29 is 0 Å². The second-order valence-electron chi connectivity index (χ2n) is 4.95. The summed E-state index contributed by atoms with van der Waals surface area (Å²) in [5.74, 6) is 0. The summed E-state index contributed by atoms with van der Waals surface area (Å²) in [6.45, 7) is 4.25. The van der Waals surface area contributed by atoms with Gasteiger partial charge in [-0.3, -0.25) is 0 Å². The Labute approximate surface area is 108 Å². The lowest BCUT2D eigenvalue weighted by molar-refractivity contribution is 0.430. The Bertz CT molecular complexity index is 471. The highest BCUT2D eigenvalue weighted by Crippen LogP contribution is 2.32. The molecule has 1 saturated heterocycles. The molecule has 4 nitrogen and oxygen atoms in total. The lowest BCUT2D eigenvalue weighted by atomic mass is 10.0. The van der Waals surface area contributed by atoms with Crippen molar-refractivity contribution in [3.8, 4) is 6.07 Å². The van der Waals surface area contributed by atoms with Crippen molar-refractivity contribution in [3.05, 3.63) is 23.8 Å². The molecule has 0 aliphatic carbocycles. The van der Waals surface area contributed by atoms with Gasteiger partial charge in [0.25, 0.3) is 0 Å². The molecule has 18 heavy (non-hydrogen) atoms. The SMILES string of the molecule is N#Cc1ccc2c(c1)NCCN2C1CCNCC1. The van der Waals surface area contributed by atoms with E-state index in [9.17, 15) is 0 Å². The molecule has 0 saturated carbocycles. The number of anilines is 2. The Morgan fingerprint density at radius 3 is 2.83 bits per heavy atom. The topological polar surface area (TPSA) is 51.1 Å². The number of piperidine rings is 1. The van der Waals surface area contributed by atoms with Crippen LogP contribution in [0.15, 0.2) is 18.2 Å². The molecule has 2 heterocycles. The Morgan fingerprint density at radius 1 is 1.22 bits per heavy atom. The van der Waals surface area contributed by atoms with Gasteiger partial charge in [0.15, 0.2) is 0 Å². The monoisotopic (exact) mass is 242 g/mol. The van der Waals surface area contributed by atoms with Crippen molar-refractivity contribution in [3.63, 3.8) is 0 Å². The molecule has 0 bridgehead atoms. The molecular formula is C14H18N4. The normalized spacial score (nSPS) is 19.8. The molecule has 0 aromatic heterocycles. The molecule has 2 aliphatic heterocycles. The van der Waals surface area contributed by atoms with Gasteiger partial charge in [-0.25, -0.2) is 0 Å². The van der Waals surface area contributed by atoms with Crippen LogP contribution in [0.4, 0.5) is 11.4 Å². The van der Waals surface area contributed by atoms with Gasteiger partial charge in [0.05, 0.1) is 23.0 Å². The van der Waals surface area contributed by atoms with E-state index in [0.29, 0.717) is 6.04 Å². The lowest BCUT2D eigenvalue weighted by Crippen LogP contribution is -2.47.